The number of ketones is 1. The third kappa shape index (κ3) is 3.11. The molecule has 2 fully saturated rings. The van der Waals surface area contributed by atoms with E-state index in [0.717, 1.165) is 0 Å². The van der Waals surface area contributed by atoms with Crippen LogP contribution < -0.4 is 0 Å². The van der Waals surface area contributed by atoms with Crippen molar-refractivity contribution in [3.63, 3.8) is 0 Å². The Bertz CT molecular complexity index is 838. The SMILES string of the molecule is COC(=O)C1(C(F)(F)F)OC(F)(F)C2(C(F)(F)OC(C(C)=O)(C(F)(F)F)OC2(F)F)C(F)(F)O1. The van der Waals surface area contributed by atoms with E-state index in [2.05, 4.69) is 23.7 Å². The van der Waals surface area contributed by atoms with Crippen molar-refractivity contribution < 1.29 is 94.7 Å². The minimum Gasteiger partial charge on any atom is -0.465 e. The van der Waals surface area contributed by atoms with Gasteiger partial charge in [-0.1, -0.05) is 0 Å². The van der Waals surface area contributed by atoms with E-state index in [4.69, 9.17) is 0 Å². The van der Waals surface area contributed by atoms with Crippen molar-refractivity contribution in [3.05, 3.63) is 0 Å². The number of hydrogen-bond donors (Lipinski definition) is 0. The quantitative estimate of drug-likeness (QED) is 0.391. The number of carbonyl (C=O) groups is 2. The highest BCUT2D eigenvalue weighted by atomic mass is 19.4. The molecule has 0 saturated carbocycles. The summed E-state index contributed by atoms with van der Waals surface area (Å²) in [6, 6.07) is 0. The van der Waals surface area contributed by atoms with E-state index < -0.39 is 72.5 Å². The molecule has 2 rings (SSSR count). The van der Waals surface area contributed by atoms with Crippen LogP contribution in [0.3, 0.4) is 0 Å². The van der Waals surface area contributed by atoms with Crippen molar-refractivity contribution >= 4 is 11.8 Å². The molecular formula is C13H6F14O7. The highest BCUT2D eigenvalue weighted by molar-refractivity contribution is 5.84. The van der Waals surface area contributed by atoms with E-state index in [-0.39, 0.29) is 7.11 Å². The molecule has 7 nitrogen and oxygen atoms in total. The Morgan fingerprint density at radius 3 is 1.09 bits per heavy atom. The molecule has 2 aliphatic heterocycles. The topological polar surface area (TPSA) is 80.3 Å². The third-order valence-electron chi connectivity index (χ3n) is 4.50. The maximum atomic E-state index is 14.5. The summed E-state index contributed by atoms with van der Waals surface area (Å²) >= 11 is 0. The van der Waals surface area contributed by atoms with E-state index in [1.54, 1.807) is 0 Å². The standard InChI is InChI=1S/C13H6F14O7/c1-3(28)5(8(14,15)16)31-10(20,21)7(11(22,23)32-5)12(24,25)33-6(4(29)30-2,9(17,18)19)34-13(7,26)27/h1-2H3. The van der Waals surface area contributed by atoms with Crippen LogP contribution in [0.15, 0.2) is 0 Å². The first-order chi connectivity index (χ1) is 14.8. The van der Waals surface area contributed by atoms with Gasteiger partial charge in [-0.15, -0.1) is 0 Å². The summed E-state index contributed by atoms with van der Waals surface area (Å²) in [5, 5.41) is 0. The van der Waals surface area contributed by atoms with E-state index in [9.17, 15) is 71.1 Å². The second-order valence-corrected chi connectivity index (χ2v) is 6.50. The van der Waals surface area contributed by atoms with Gasteiger partial charge in [-0.05, 0) is 0 Å². The minimum absolute atomic E-state index is 0.0796. The van der Waals surface area contributed by atoms with Gasteiger partial charge >= 0.3 is 59.7 Å². The lowest BCUT2D eigenvalue weighted by Gasteiger charge is -2.59. The van der Waals surface area contributed by atoms with Crippen LogP contribution >= 0.6 is 0 Å². The van der Waals surface area contributed by atoms with Crippen LogP contribution in [0.1, 0.15) is 6.92 Å². The Morgan fingerprint density at radius 1 is 0.618 bits per heavy atom. The number of carbonyl (C=O) groups excluding carboxylic acids is 2. The second kappa shape index (κ2) is 7.03. The predicted molar refractivity (Wildman–Crippen MR) is 66.8 cm³/mol. The zero-order chi connectivity index (χ0) is 27.2. The molecule has 34 heavy (non-hydrogen) atoms. The average molecular weight is 540 g/mol. The van der Waals surface area contributed by atoms with Gasteiger partial charge in [0.25, 0.3) is 0 Å². The predicted octanol–water partition coefficient (Wildman–Crippen LogP) is 3.72. The van der Waals surface area contributed by atoms with Gasteiger partial charge in [0, 0.05) is 6.92 Å². The summed E-state index contributed by atoms with van der Waals surface area (Å²) in [5.41, 5.74) is -7.33. The molecule has 2 heterocycles. The lowest BCUT2D eigenvalue weighted by atomic mass is 9.78. The van der Waals surface area contributed by atoms with Gasteiger partial charge < -0.3 is 4.74 Å². The maximum Gasteiger partial charge on any atom is 0.455 e. The van der Waals surface area contributed by atoms with Crippen molar-refractivity contribution in [3.8, 4) is 0 Å². The lowest BCUT2D eigenvalue weighted by molar-refractivity contribution is -0.676. The minimum atomic E-state index is -7.37. The molecule has 0 amide bonds. The monoisotopic (exact) mass is 540 g/mol. The van der Waals surface area contributed by atoms with Crippen molar-refractivity contribution in [1.82, 2.24) is 0 Å². The fourth-order valence-electron chi connectivity index (χ4n) is 2.99. The maximum absolute atomic E-state index is 14.5. The summed E-state index contributed by atoms with van der Waals surface area (Å²) < 4.78 is 209. The van der Waals surface area contributed by atoms with Crippen molar-refractivity contribution in [2.75, 3.05) is 7.11 Å². The number of hydrogen-bond acceptors (Lipinski definition) is 7. The number of alkyl halides is 14. The van der Waals surface area contributed by atoms with Crippen molar-refractivity contribution in [2.24, 2.45) is 5.41 Å². The molecule has 0 aromatic rings. The van der Waals surface area contributed by atoms with Gasteiger partial charge in [-0.3, -0.25) is 23.7 Å². The van der Waals surface area contributed by atoms with Gasteiger partial charge in [0.2, 0.25) is 0 Å². The van der Waals surface area contributed by atoms with E-state index >= 15 is 0 Å². The lowest BCUT2D eigenvalue weighted by Crippen LogP contribution is -2.86. The van der Waals surface area contributed by atoms with Crippen LogP contribution in [0.4, 0.5) is 61.5 Å². The van der Waals surface area contributed by atoms with Crippen molar-refractivity contribution in [2.45, 2.75) is 55.3 Å². The zero-order valence-electron chi connectivity index (χ0n) is 15.6. The molecule has 0 aromatic heterocycles. The fraction of sp³-hybridized carbons (Fsp3) is 0.846. The summed E-state index contributed by atoms with van der Waals surface area (Å²) in [6.07, 6.45) is -43.1. The molecule has 198 valence electrons. The third-order valence-corrected chi connectivity index (χ3v) is 4.50. The van der Waals surface area contributed by atoms with Crippen LogP contribution in [0.5, 0.6) is 0 Å². The van der Waals surface area contributed by atoms with E-state index in [0.29, 0.717) is 0 Å². The first-order valence-electron chi connectivity index (χ1n) is 7.80. The van der Waals surface area contributed by atoms with E-state index in [1.807, 2.05) is 0 Å². The Morgan fingerprint density at radius 2 is 0.882 bits per heavy atom. The van der Waals surface area contributed by atoms with Gasteiger partial charge in [0.05, 0.1) is 7.11 Å². The Hall–Kier alpha value is -2.00. The Labute approximate surface area is 175 Å². The Balaban J connectivity index is 2.93. The number of halogens is 14. The smallest absolute Gasteiger partial charge is 0.455 e. The molecule has 0 atom stereocenters. The highest BCUT2D eigenvalue weighted by Gasteiger charge is 3.02. The molecule has 0 radical (unpaired) electrons. The number of esters is 1. The van der Waals surface area contributed by atoms with Gasteiger partial charge in [-0.25, -0.2) is 4.79 Å². The van der Waals surface area contributed by atoms with Crippen LogP contribution in [-0.4, -0.2) is 67.2 Å². The molecule has 0 N–H and O–H groups in total. The molecular weight excluding hydrogens is 534 g/mol. The molecule has 1 spiro atoms. The van der Waals surface area contributed by atoms with Crippen LogP contribution in [-0.2, 0) is 33.3 Å². The summed E-state index contributed by atoms with van der Waals surface area (Å²) in [4.78, 5) is 22.6. The van der Waals surface area contributed by atoms with Crippen molar-refractivity contribution in [1.29, 1.82) is 0 Å². The fourth-order valence-corrected chi connectivity index (χ4v) is 2.99. The average Bonchev–Trinajstić information content (AvgIpc) is 2.54. The Kier molecular flexibility index (Phi) is 5.84. The summed E-state index contributed by atoms with van der Waals surface area (Å²) in [5.74, 6) is -18.3. The number of Topliss-reactive ketones (excluding diaryl/α,β-unsaturated/α-hetero) is 1. The molecule has 2 saturated heterocycles. The number of rotatable bonds is 2. The first kappa shape index (κ1) is 28.2. The molecule has 2 aliphatic rings. The zero-order valence-corrected chi connectivity index (χ0v) is 15.6. The van der Waals surface area contributed by atoms with Gasteiger partial charge in [0.1, 0.15) is 0 Å². The van der Waals surface area contributed by atoms with Crippen LogP contribution in [0, 0.1) is 5.41 Å². The molecule has 0 unspecified atom stereocenters. The van der Waals surface area contributed by atoms with E-state index in [1.165, 1.54) is 0 Å². The molecule has 0 bridgehead atoms. The highest BCUT2D eigenvalue weighted by Crippen LogP contribution is 2.74. The summed E-state index contributed by atoms with van der Waals surface area (Å²) in [7, 11) is -0.0796. The summed E-state index contributed by atoms with van der Waals surface area (Å²) in [6.45, 7) is -0.409. The molecule has 0 aliphatic carbocycles. The van der Waals surface area contributed by atoms with Crippen LogP contribution in [0.25, 0.3) is 0 Å². The number of ether oxygens (including phenoxy) is 5. The van der Waals surface area contributed by atoms with Gasteiger partial charge in [-0.2, -0.15) is 61.5 Å². The van der Waals surface area contributed by atoms with Crippen LogP contribution in [0.2, 0.25) is 0 Å². The first-order valence-corrected chi connectivity index (χ1v) is 7.80. The molecule has 21 heteroatoms. The second-order valence-electron chi connectivity index (χ2n) is 6.50. The van der Waals surface area contributed by atoms with Gasteiger partial charge in [0.15, 0.2) is 5.78 Å². The molecule has 0 aromatic carbocycles. The largest absolute Gasteiger partial charge is 0.465 e. The normalized spacial score (nSPS) is 36.7. The number of methoxy groups -OCH3 is 1.